The number of hydrogen-bond donors (Lipinski definition) is 2. The van der Waals surface area contributed by atoms with E-state index in [1.54, 1.807) is 22.9 Å². The maximum atomic E-state index is 11.7. The number of hydrogen-bond acceptors (Lipinski definition) is 5. The number of carboxylic acid groups (broad SMARTS) is 1. The van der Waals surface area contributed by atoms with Crippen LogP contribution >= 0.6 is 39.1 Å². The van der Waals surface area contributed by atoms with Gasteiger partial charge in [-0.25, -0.2) is 4.68 Å². The average Bonchev–Trinajstić information content (AvgIpc) is 3.17. The van der Waals surface area contributed by atoms with E-state index in [1.165, 1.54) is 0 Å². The summed E-state index contributed by atoms with van der Waals surface area (Å²) in [5, 5.41) is 26.1. The molecule has 0 aliphatic heterocycles. The molecule has 7 nitrogen and oxygen atoms in total. The monoisotopic (exact) mass is 525 g/mol. The Morgan fingerprint density at radius 2 is 1.90 bits per heavy atom. The molecule has 3 aromatic rings. The minimum absolute atomic E-state index is 0.167. The van der Waals surface area contributed by atoms with Gasteiger partial charge in [0.15, 0.2) is 5.82 Å². The van der Waals surface area contributed by atoms with E-state index in [2.05, 4.69) is 36.8 Å². The van der Waals surface area contributed by atoms with Crippen LogP contribution in [0.25, 0.3) is 0 Å². The maximum Gasteiger partial charge on any atom is 0.305 e. The number of rotatable bonds is 7. The number of nitrogens with zero attached hydrogens (tertiary/aromatic N) is 4. The van der Waals surface area contributed by atoms with Crippen LogP contribution in [-0.2, 0) is 10.3 Å². The summed E-state index contributed by atoms with van der Waals surface area (Å²) in [7, 11) is 0. The maximum absolute atomic E-state index is 11.7. The van der Waals surface area contributed by atoms with Crippen molar-refractivity contribution >= 4 is 45.1 Å². The summed E-state index contributed by atoms with van der Waals surface area (Å²) >= 11 is 15.8. The van der Waals surface area contributed by atoms with E-state index in [0.717, 1.165) is 10.0 Å². The standard InChI is InChI=1S/C21H22BrCl2N5O2/c1-21(2,3)29-20(26-27-28-29)19(13-5-4-6-14(22)9-13)25-17(11-18(30)31)12-7-8-15(23)16(24)10-12/h4-10,17,19,25H,11H2,1-3H3,(H,30,31). The van der Waals surface area contributed by atoms with Gasteiger partial charge in [0.1, 0.15) is 0 Å². The molecule has 2 unspecified atom stereocenters. The van der Waals surface area contributed by atoms with Crippen LogP contribution < -0.4 is 5.32 Å². The molecule has 1 heterocycles. The molecular weight excluding hydrogens is 505 g/mol. The van der Waals surface area contributed by atoms with E-state index in [4.69, 9.17) is 23.2 Å². The topological polar surface area (TPSA) is 92.9 Å². The fraction of sp³-hybridized carbons (Fsp3) is 0.333. The summed E-state index contributed by atoms with van der Waals surface area (Å²) in [5.41, 5.74) is 1.20. The number of benzene rings is 2. The number of aliphatic carboxylic acids is 1. The van der Waals surface area contributed by atoms with Crippen molar-refractivity contribution in [2.45, 2.75) is 44.8 Å². The quantitative estimate of drug-likeness (QED) is 0.428. The smallest absolute Gasteiger partial charge is 0.305 e. The molecule has 0 spiro atoms. The zero-order chi connectivity index (χ0) is 22.8. The van der Waals surface area contributed by atoms with Crippen LogP contribution in [0.15, 0.2) is 46.9 Å². The molecule has 2 atom stereocenters. The van der Waals surface area contributed by atoms with Gasteiger partial charge in [0.25, 0.3) is 0 Å². The molecule has 0 radical (unpaired) electrons. The normalized spacial score (nSPS) is 13.7. The molecule has 1 aromatic heterocycles. The van der Waals surface area contributed by atoms with Gasteiger partial charge in [-0.1, -0.05) is 57.3 Å². The van der Waals surface area contributed by atoms with Gasteiger partial charge in [0.2, 0.25) is 0 Å². The van der Waals surface area contributed by atoms with Crippen molar-refractivity contribution in [2.24, 2.45) is 0 Å². The summed E-state index contributed by atoms with van der Waals surface area (Å²) in [5.74, 6) is -0.381. The number of aromatic nitrogens is 4. The molecule has 0 saturated heterocycles. The fourth-order valence-electron chi connectivity index (χ4n) is 3.24. The second kappa shape index (κ2) is 9.65. The van der Waals surface area contributed by atoms with Gasteiger partial charge in [-0.2, -0.15) is 0 Å². The van der Waals surface area contributed by atoms with E-state index in [9.17, 15) is 9.90 Å². The van der Waals surface area contributed by atoms with E-state index in [-0.39, 0.29) is 12.0 Å². The third-order valence-electron chi connectivity index (χ3n) is 4.66. The molecule has 3 rings (SSSR count). The van der Waals surface area contributed by atoms with Gasteiger partial charge in [0.05, 0.1) is 28.0 Å². The lowest BCUT2D eigenvalue weighted by atomic mass is 9.98. The summed E-state index contributed by atoms with van der Waals surface area (Å²) in [6.07, 6.45) is -0.167. The Bertz CT molecular complexity index is 1080. The minimum atomic E-state index is -0.952. The Balaban J connectivity index is 2.10. The largest absolute Gasteiger partial charge is 0.481 e. The van der Waals surface area contributed by atoms with Crippen molar-refractivity contribution in [1.29, 1.82) is 0 Å². The third kappa shape index (κ3) is 5.83. The molecule has 0 aliphatic carbocycles. The van der Waals surface area contributed by atoms with Gasteiger partial charge >= 0.3 is 5.97 Å². The van der Waals surface area contributed by atoms with Crippen LogP contribution in [0.5, 0.6) is 0 Å². The highest BCUT2D eigenvalue weighted by Crippen LogP contribution is 2.32. The van der Waals surface area contributed by atoms with Gasteiger partial charge in [0, 0.05) is 10.5 Å². The zero-order valence-corrected chi connectivity index (χ0v) is 20.3. The van der Waals surface area contributed by atoms with Gasteiger partial charge in [-0.3, -0.25) is 10.1 Å². The lowest BCUT2D eigenvalue weighted by molar-refractivity contribution is -0.137. The Labute approximate surface area is 198 Å². The van der Waals surface area contributed by atoms with Crippen LogP contribution in [0, 0.1) is 0 Å². The fourth-order valence-corrected chi connectivity index (χ4v) is 3.96. The molecule has 2 N–H and O–H groups in total. The van der Waals surface area contributed by atoms with E-state index in [1.807, 2.05) is 45.0 Å². The van der Waals surface area contributed by atoms with Crippen molar-refractivity contribution in [3.05, 3.63) is 73.9 Å². The molecule has 0 saturated carbocycles. The SMILES string of the molecule is CC(C)(C)n1nnnc1C(NC(CC(=O)O)c1ccc(Cl)c(Cl)c1)c1cccc(Br)c1. The summed E-state index contributed by atoms with van der Waals surface area (Å²) in [6.45, 7) is 6.00. The van der Waals surface area contributed by atoms with Crippen LogP contribution in [0.2, 0.25) is 10.0 Å². The van der Waals surface area contributed by atoms with Crippen LogP contribution in [-0.4, -0.2) is 31.3 Å². The average molecular weight is 527 g/mol. The Morgan fingerprint density at radius 3 is 2.52 bits per heavy atom. The highest BCUT2D eigenvalue weighted by molar-refractivity contribution is 9.10. The van der Waals surface area contributed by atoms with Crippen molar-refractivity contribution in [3.8, 4) is 0 Å². The first kappa shape index (κ1) is 23.7. The molecule has 2 aromatic carbocycles. The predicted octanol–water partition coefficient (Wildman–Crippen LogP) is 5.39. The molecular formula is C21H22BrCl2N5O2. The predicted molar refractivity (Wildman–Crippen MR) is 123 cm³/mol. The Morgan fingerprint density at radius 1 is 1.16 bits per heavy atom. The third-order valence-corrected chi connectivity index (χ3v) is 5.89. The first-order chi connectivity index (χ1) is 14.6. The molecule has 10 heteroatoms. The summed E-state index contributed by atoms with van der Waals surface area (Å²) in [6, 6.07) is 11.8. The summed E-state index contributed by atoms with van der Waals surface area (Å²) in [4.78, 5) is 11.7. The number of tetrazole rings is 1. The Kier molecular flexibility index (Phi) is 7.36. The van der Waals surface area contributed by atoms with E-state index in [0.29, 0.717) is 21.4 Å². The highest BCUT2D eigenvalue weighted by atomic mass is 79.9. The number of nitrogens with one attached hydrogen (secondary N) is 1. The van der Waals surface area contributed by atoms with Crippen molar-refractivity contribution in [2.75, 3.05) is 0 Å². The van der Waals surface area contributed by atoms with Crippen molar-refractivity contribution in [1.82, 2.24) is 25.5 Å². The summed E-state index contributed by atoms with van der Waals surface area (Å²) < 4.78 is 2.62. The number of carboxylic acids is 1. The Hall–Kier alpha value is -2.00. The van der Waals surface area contributed by atoms with Crippen LogP contribution in [0.1, 0.15) is 56.2 Å². The lowest BCUT2D eigenvalue weighted by Gasteiger charge is -2.28. The molecule has 0 bridgehead atoms. The van der Waals surface area contributed by atoms with Gasteiger partial charge in [-0.15, -0.1) is 5.10 Å². The highest BCUT2D eigenvalue weighted by Gasteiger charge is 2.30. The lowest BCUT2D eigenvalue weighted by Crippen LogP contribution is -2.34. The molecule has 164 valence electrons. The van der Waals surface area contributed by atoms with E-state index < -0.39 is 18.1 Å². The van der Waals surface area contributed by atoms with Crippen LogP contribution in [0.4, 0.5) is 0 Å². The van der Waals surface area contributed by atoms with Gasteiger partial charge < -0.3 is 5.11 Å². The number of carbonyl (C=O) groups is 1. The van der Waals surface area contributed by atoms with Crippen molar-refractivity contribution < 1.29 is 9.90 Å². The number of halogens is 3. The minimum Gasteiger partial charge on any atom is -0.481 e. The van der Waals surface area contributed by atoms with Gasteiger partial charge in [-0.05, 0) is 66.6 Å². The molecule has 0 amide bonds. The second-order valence-corrected chi connectivity index (χ2v) is 9.83. The van der Waals surface area contributed by atoms with Crippen molar-refractivity contribution in [3.63, 3.8) is 0 Å². The molecule has 0 fully saturated rings. The molecule has 0 aliphatic rings. The second-order valence-electron chi connectivity index (χ2n) is 8.10. The first-order valence-corrected chi connectivity index (χ1v) is 11.1. The van der Waals surface area contributed by atoms with Crippen LogP contribution in [0.3, 0.4) is 0 Å². The first-order valence-electron chi connectivity index (χ1n) is 9.53. The zero-order valence-electron chi connectivity index (χ0n) is 17.2. The molecule has 31 heavy (non-hydrogen) atoms. The van der Waals surface area contributed by atoms with E-state index >= 15 is 0 Å².